The van der Waals surface area contributed by atoms with E-state index in [4.69, 9.17) is 0 Å². The first-order valence-corrected chi connectivity index (χ1v) is 9.16. The van der Waals surface area contributed by atoms with Gasteiger partial charge in [-0.05, 0) is 56.4 Å². The molecule has 2 saturated heterocycles. The topological polar surface area (TPSA) is 52.7 Å². The predicted octanol–water partition coefficient (Wildman–Crippen LogP) is 2.17. The number of amides is 2. The van der Waals surface area contributed by atoms with Crippen LogP contribution in [0.3, 0.4) is 0 Å². The fraction of sp³-hybridized carbons (Fsp3) is 0.579. The Morgan fingerprint density at radius 3 is 2.54 bits per heavy atom. The highest BCUT2D eigenvalue weighted by molar-refractivity contribution is 5.97. The lowest BCUT2D eigenvalue weighted by Gasteiger charge is -2.26. The summed E-state index contributed by atoms with van der Waals surface area (Å²) in [6, 6.07) is 8.49. The normalized spacial score (nSPS) is 25.1. The third-order valence-corrected chi connectivity index (χ3v) is 5.38. The van der Waals surface area contributed by atoms with Gasteiger partial charge in [0, 0.05) is 49.4 Å². The van der Waals surface area contributed by atoms with Crippen molar-refractivity contribution in [3.8, 4) is 0 Å². The maximum absolute atomic E-state index is 12.4. The molecule has 3 fully saturated rings. The van der Waals surface area contributed by atoms with Crippen LogP contribution in [0.5, 0.6) is 0 Å². The molecule has 5 nitrogen and oxygen atoms in total. The molecule has 0 bridgehead atoms. The maximum atomic E-state index is 12.4. The van der Waals surface area contributed by atoms with Crippen molar-refractivity contribution in [2.45, 2.75) is 50.6 Å². The van der Waals surface area contributed by atoms with Gasteiger partial charge in [0.05, 0.1) is 0 Å². The van der Waals surface area contributed by atoms with E-state index in [0.29, 0.717) is 12.0 Å². The average Bonchev–Trinajstić information content (AvgIpc) is 3.35. The molecule has 0 unspecified atom stereocenters. The van der Waals surface area contributed by atoms with E-state index in [-0.39, 0.29) is 17.9 Å². The molecule has 2 aliphatic heterocycles. The van der Waals surface area contributed by atoms with Gasteiger partial charge in [0.25, 0.3) is 5.91 Å². The number of carbonyl (C=O) groups is 2. The molecule has 0 aromatic heterocycles. The SMILES string of the molecule is O=C(N[C@@H]1CCN(C2CC2)C1)c1ccc(N2CCCCC2=O)cc1. The van der Waals surface area contributed by atoms with Gasteiger partial charge in [-0.3, -0.25) is 14.5 Å². The number of carbonyl (C=O) groups excluding carboxylic acids is 2. The van der Waals surface area contributed by atoms with Crippen LogP contribution in [0, 0.1) is 0 Å². The number of nitrogens with zero attached hydrogens (tertiary/aromatic N) is 2. The summed E-state index contributed by atoms with van der Waals surface area (Å²) in [6.07, 6.45) is 6.33. The van der Waals surface area contributed by atoms with E-state index in [0.717, 1.165) is 50.6 Å². The fourth-order valence-corrected chi connectivity index (χ4v) is 3.82. The van der Waals surface area contributed by atoms with Crippen LogP contribution in [0.1, 0.15) is 48.9 Å². The summed E-state index contributed by atoms with van der Waals surface area (Å²) in [7, 11) is 0. The van der Waals surface area contributed by atoms with E-state index in [2.05, 4.69) is 10.2 Å². The number of anilines is 1. The van der Waals surface area contributed by atoms with Crippen molar-refractivity contribution in [3.05, 3.63) is 29.8 Å². The Hall–Kier alpha value is -1.88. The Morgan fingerprint density at radius 1 is 1.04 bits per heavy atom. The van der Waals surface area contributed by atoms with Crippen LogP contribution in [-0.2, 0) is 4.79 Å². The quantitative estimate of drug-likeness (QED) is 0.922. The number of nitrogens with one attached hydrogen (secondary N) is 1. The number of piperidine rings is 1. The molecule has 1 N–H and O–H groups in total. The Labute approximate surface area is 143 Å². The van der Waals surface area contributed by atoms with Crippen molar-refractivity contribution >= 4 is 17.5 Å². The van der Waals surface area contributed by atoms with Crippen LogP contribution in [0.2, 0.25) is 0 Å². The summed E-state index contributed by atoms with van der Waals surface area (Å²) in [6.45, 7) is 2.87. The summed E-state index contributed by atoms with van der Waals surface area (Å²) in [5.41, 5.74) is 1.57. The first kappa shape index (κ1) is 15.6. The van der Waals surface area contributed by atoms with E-state index in [1.807, 2.05) is 29.2 Å². The first-order chi connectivity index (χ1) is 11.7. The minimum absolute atomic E-state index is 0.00540. The number of hydrogen-bond donors (Lipinski definition) is 1. The molecule has 1 aromatic rings. The van der Waals surface area contributed by atoms with Gasteiger partial charge < -0.3 is 10.2 Å². The van der Waals surface area contributed by atoms with Crippen LogP contribution < -0.4 is 10.2 Å². The molecule has 0 spiro atoms. The summed E-state index contributed by atoms with van der Waals surface area (Å²) < 4.78 is 0. The van der Waals surface area contributed by atoms with Crippen LogP contribution in [0.4, 0.5) is 5.69 Å². The number of benzene rings is 1. The zero-order valence-corrected chi connectivity index (χ0v) is 14.0. The van der Waals surface area contributed by atoms with Crippen LogP contribution in [-0.4, -0.2) is 48.4 Å². The summed E-state index contributed by atoms with van der Waals surface area (Å²) in [5.74, 6) is 0.179. The number of likely N-dealkylation sites (tertiary alicyclic amines) is 1. The molecule has 2 amide bonds. The molecule has 128 valence electrons. The Kier molecular flexibility index (Phi) is 4.27. The monoisotopic (exact) mass is 327 g/mol. The molecular formula is C19H25N3O2. The average molecular weight is 327 g/mol. The second kappa shape index (κ2) is 6.55. The standard InChI is InChI=1S/C19H25N3O2/c23-18-3-1-2-11-22(18)17-6-4-14(5-7-17)19(24)20-15-10-12-21(13-15)16-8-9-16/h4-7,15-16H,1-3,8-13H2,(H,20,24)/t15-/m1/s1. The van der Waals surface area contributed by atoms with Crippen molar-refractivity contribution < 1.29 is 9.59 Å². The van der Waals surface area contributed by atoms with Crippen molar-refractivity contribution in [2.75, 3.05) is 24.5 Å². The molecule has 4 rings (SSSR count). The van der Waals surface area contributed by atoms with Crippen LogP contribution in [0.25, 0.3) is 0 Å². The zero-order valence-electron chi connectivity index (χ0n) is 14.0. The molecule has 5 heteroatoms. The zero-order chi connectivity index (χ0) is 16.5. The minimum atomic E-state index is -0.00540. The lowest BCUT2D eigenvalue weighted by Crippen LogP contribution is -2.37. The van der Waals surface area contributed by atoms with Gasteiger partial charge in [0.1, 0.15) is 0 Å². The second-order valence-corrected chi connectivity index (χ2v) is 7.23. The molecule has 0 radical (unpaired) electrons. The molecule has 1 atom stereocenters. The Morgan fingerprint density at radius 2 is 1.83 bits per heavy atom. The molecular weight excluding hydrogens is 302 g/mol. The fourth-order valence-electron chi connectivity index (χ4n) is 3.82. The number of rotatable bonds is 4. The third kappa shape index (κ3) is 3.31. The van der Waals surface area contributed by atoms with Crippen LogP contribution in [0.15, 0.2) is 24.3 Å². The smallest absolute Gasteiger partial charge is 0.251 e. The molecule has 1 saturated carbocycles. The molecule has 2 heterocycles. The summed E-state index contributed by atoms with van der Waals surface area (Å²) in [4.78, 5) is 28.7. The van der Waals surface area contributed by atoms with Gasteiger partial charge >= 0.3 is 0 Å². The molecule has 1 aliphatic carbocycles. The van der Waals surface area contributed by atoms with Gasteiger partial charge in [-0.1, -0.05) is 0 Å². The second-order valence-electron chi connectivity index (χ2n) is 7.23. The van der Waals surface area contributed by atoms with Crippen molar-refractivity contribution in [2.24, 2.45) is 0 Å². The summed E-state index contributed by atoms with van der Waals surface area (Å²) in [5, 5.41) is 3.15. The highest BCUT2D eigenvalue weighted by Gasteiger charge is 2.34. The van der Waals surface area contributed by atoms with E-state index >= 15 is 0 Å². The van der Waals surface area contributed by atoms with E-state index < -0.39 is 0 Å². The van der Waals surface area contributed by atoms with Gasteiger partial charge in [-0.15, -0.1) is 0 Å². The van der Waals surface area contributed by atoms with E-state index in [1.54, 1.807) is 0 Å². The van der Waals surface area contributed by atoms with Crippen molar-refractivity contribution in [1.82, 2.24) is 10.2 Å². The highest BCUT2D eigenvalue weighted by atomic mass is 16.2. The first-order valence-electron chi connectivity index (χ1n) is 9.16. The van der Waals surface area contributed by atoms with E-state index in [1.165, 1.54) is 12.8 Å². The highest BCUT2D eigenvalue weighted by Crippen LogP contribution is 2.30. The largest absolute Gasteiger partial charge is 0.348 e. The minimum Gasteiger partial charge on any atom is -0.348 e. The Balaban J connectivity index is 1.35. The van der Waals surface area contributed by atoms with Gasteiger partial charge in [0.15, 0.2) is 0 Å². The third-order valence-electron chi connectivity index (χ3n) is 5.38. The Bertz CT molecular complexity index is 624. The molecule has 3 aliphatic rings. The summed E-state index contributed by atoms with van der Waals surface area (Å²) >= 11 is 0. The van der Waals surface area contributed by atoms with Crippen molar-refractivity contribution in [1.29, 1.82) is 0 Å². The lowest BCUT2D eigenvalue weighted by atomic mass is 10.1. The number of hydrogen-bond acceptors (Lipinski definition) is 3. The van der Waals surface area contributed by atoms with Crippen molar-refractivity contribution in [3.63, 3.8) is 0 Å². The molecule has 1 aromatic carbocycles. The van der Waals surface area contributed by atoms with Crippen LogP contribution >= 0.6 is 0 Å². The lowest BCUT2D eigenvalue weighted by molar-refractivity contribution is -0.119. The predicted molar refractivity (Wildman–Crippen MR) is 93.1 cm³/mol. The van der Waals surface area contributed by atoms with Gasteiger partial charge in [-0.2, -0.15) is 0 Å². The van der Waals surface area contributed by atoms with Gasteiger partial charge in [-0.25, -0.2) is 0 Å². The van der Waals surface area contributed by atoms with Gasteiger partial charge in [0.2, 0.25) is 5.91 Å². The molecule has 24 heavy (non-hydrogen) atoms. The maximum Gasteiger partial charge on any atom is 0.251 e. The van der Waals surface area contributed by atoms with E-state index in [9.17, 15) is 9.59 Å².